The number of hydrogen-bond donors (Lipinski definition) is 4. The van der Waals surface area contributed by atoms with Crippen molar-refractivity contribution in [1.82, 2.24) is 5.43 Å². The number of anilines is 1. The molecule has 0 saturated heterocycles. The number of hydrogen-bond acceptors (Lipinski definition) is 6. The van der Waals surface area contributed by atoms with E-state index in [1.54, 1.807) is 24.3 Å². The highest BCUT2D eigenvalue weighted by molar-refractivity contribution is 8.14. The number of carboxylic acid groups (broad SMARTS) is 2. The zero-order chi connectivity index (χ0) is 21.9. The number of carbonyl (C=O) groups is 3. The standard InChI is InChI=1S/C16H16N2O3S.C2HF3O2/c19-15(20)14(18-17-13-9-5-2-6-10-13)11-22-16(21)12-7-3-1-4-8-12;3-2(4,5)1(6)7/h1-10,14,17-18H,11H2,(H,19,20);(H,6,7)/t14-;/m0./s1. The van der Waals surface area contributed by atoms with E-state index < -0.39 is 24.2 Å². The highest BCUT2D eigenvalue weighted by Crippen LogP contribution is 2.14. The molecular weight excluding hydrogens is 413 g/mol. The molecule has 2 rings (SSSR count). The van der Waals surface area contributed by atoms with Crippen LogP contribution in [0.2, 0.25) is 0 Å². The van der Waals surface area contributed by atoms with Crippen LogP contribution in [0.25, 0.3) is 0 Å². The van der Waals surface area contributed by atoms with Crippen LogP contribution in [0.15, 0.2) is 60.7 Å². The maximum Gasteiger partial charge on any atom is 0.490 e. The summed E-state index contributed by atoms with van der Waals surface area (Å²) in [7, 11) is 0. The molecule has 2 aromatic rings. The Morgan fingerprint density at radius 1 is 0.931 bits per heavy atom. The lowest BCUT2D eigenvalue weighted by molar-refractivity contribution is -0.192. The molecule has 0 aliphatic carbocycles. The largest absolute Gasteiger partial charge is 0.490 e. The highest BCUT2D eigenvalue weighted by Gasteiger charge is 2.38. The summed E-state index contributed by atoms with van der Waals surface area (Å²) in [6.45, 7) is 0. The van der Waals surface area contributed by atoms with Crippen LogP contribution in [0.4, 0.5) is 18.9 Å². The Kier molecular flexibility index (Phi) is 9.69. The van der Waals surface area contributed by atoms with E-state index in [0.717, 1.165) is 17.4 Å². The van der Waals surface area contributed by atoms with Gasteiger partial charge in [-0.25, -0.2) is 10.2 Å². The van der Waals surface area contributed by atoms with E-state index in [0.29, 0.717) is 5.56 Å². The van der Waals surface area contributed by atoms with Gasteiger partial charge in [0.1, 0.15) is 6.04 Å². The molecule has 4 N–H and O–H groups in total. The number of halogens is 3. The number of alkyl halides is 3. The third-order valence-corrected chi connectivity index (χ3v) is 4.09. The zero-order valence-corrected chi connectivity index (χ0v) is 15.5. The summed E-state index contributed by atoms with van der Waals surface area (Å²) in [6, 6.07) is 17.1. The van der Waals surface area contributed by atoms with Crippen molar-refractivity contribution in [3.8, 4) is 0 Å². The van der Waals surface area contributed by atoms with Crippen molar-refractivity contribution in [3.63, 3.8) is 0 Å². The minimum Gasteiger partial charge on any atom is -0.480 e. The van der Waals surface area contributed by atoms with Crippen LogP contribution >= 0.6 is 11.8 Å². The first-order chi connectivity index (χ1) is 13.6. The molecular formula is C18H17F3N2O5S. The first-order valence-electron chi connectivity index (χ1n) is 7.93. The molecule has 0 amide bonds. The van der Waals surface area contributed by atoms with Gasteiger partial charge in [-0.15, -0.1) is 0 Å². The lowest BCUT2D eigenvalue weighted by atomic mass is 10.2. The average molecular weight is 430 g/mol. The Morgan fingerprint density at radius 2 is 1.41 bits per heavy atom. The van der Waals surface area contributed by atoms with Crippen LogP contribution in [-0.2, 0) is 9.59 Å². The maximum absolute atomic E-state index is 12.0. The van der Waals surface area contributed by atoms with Gasteiger partial charge < -0.3 is 15.6 Å². The van der Waals surface area contributed by atoms with Gasteiger partial charge in [0.05, 0.1) is 0 Å². The second kappa shape index (κ2) is 11.7. The van der Waals surface area contributed by atoms with Crippen molar-refractivity contribution in [1.29, 1.82) is 0 Å². The van der Waals surface area contributed by atoms with Crippen molar-refractivity contribution in [2.24, 2.45) is 0 Å². The van der Waals surface area contributed by atoms with Crippen molar-refractivity contribution in [2.75, 3.05) is 11.2 Å². The molecule has 1 atom stereocenters. The van der Waals surface area contributed by atoms with E-state index in [-0.39, 0.29) is 10.9 Å². The van der Waals surface area contributed by atoms with Crippen molar-refractivity contribution >= 4 is 34.5 Å². The monoisotopic (exact) mass is 430 g/mol. The lowest BCUT2D eigenvalue weighted by Crippen LogP contribution is -2.42. The molecule has 2 aromatic carbocycles. The van der Waals surface area contributed by atoms with Crippen LogP contribution in [0.3, 0.4) is 0 Å². The SMILES string of the molecule is O=C(O)C(F)(F)F.O=C(SC[C@H](NNc1ccccc1)C(=O)O)c1ccccc1. The number of hydrazine groups is 1. The van der Waals surface area contributed by atoms with Gasteiger partial charge in [-0.3, -0.25) is 9.59 Å². The molecule has 0 radical (unpaired) electrons. The molecule has 0 aliphatic rings. The molecule has 0 spiro atoms. The molecule has 0 unspecified atom stereocenters. The van der Waals surface area contributed by atoms with Gasteiger partial charge in [-0.2, -0.15) is 13.2 Å². The van der Waals surface area contributed by atoms with E-state index in [4.69, 9.17) is 9.90 Å². The molecule has 11 heteroatoms. The minimum absolute atomic E-state index is 0.128. The Balaban J connectivity index is 0.000000516. The zero-order valence-electron chi connectivity index (χ0n) is 14.7. The molecule has 29 heavy (non-hydrogen) atoms. The molecule has 0 bridgehead atoms. The third-order valence-electron chi connectivity index (χ3n) is 3.10. The van der Waals surface area contributed by atoms with Crippen molar-refractivity contribution in [3.05, 3.63) is 66.2 Å². The maximum atomic E-state index is 12.0. The van der Waals surface area contributed by atoms with E-state index >= 15 is 0 Å². The van der Waals surface area contributed by atoms with Gasteiger partial charge in [-0.1, -0.05) is 60.3 Å². The molecule has 0 aliphatic heterocycles. The van der Waals surface area contributed by atoms with E-state index in [1.165, 1.54) is 0 Å². The number of nitrogens with one attached hydrogen (secondary N) is 2. The molecule has 7 nitrogen and oxygen atoms in total. The number of carboxylic acids is 2. The summed E-state index contributed by atoms with van der Waals surface area (Å²) in [5.41, 5.74) is 6.87. The smallest absolute Gasteiger partial charge is 0.480 e. The van der Waals surface area contributed by atoms with Gasteiger partial charge in [0.2, 0.25) is 5.12 Å². The summed E-state index contributed by atoms with van der Waals surface area (Å²) >= 11 is 0.979. The Hall–Kier alpha value is -3.05. The quantitative estimate of drug-likeness (QED) is 0.495. The van der Waals surface area contributed by atoms with E-state index in [1.807, 2.05) is 36.4 Å². The minimum atomic E-state index is -5.08. The summed E-state index contributed by atoms with van der Waals surface area (Å²) in [5, 5.41) is 16.2. The number of benzene rings is 2. The number of rotatable bonds is 7. The van der Waals surface area contributed by atoms with Crippen LogP contribution in [0.5, 0.6) is 0 Å². The van der Waals surface area contributed by atoms with Crippen LogP contribution in [-0.4, -0.2) is 45.2 Å². The van der Waals surface area contributed by atoms with Crippen LogP contribution < -0.4 is 10.9 Å². The van der Waals surface area contributed by atoms with Gasteiger partial charge in [-0.05, 0) is 12.1 Å². The topological polar surface area (TPSA) is 116 Å². The summed E-state index contributed by atoms with van der Waals surface area (Å²) in [4.78, 5) is 32.1. The summed E-state index contributed by atoms with van der Waals surface area (Å²) in [5.74, 6) is -3.65. The van der Waals surface area contributed by atoms with Crippen molar-refractivity contribution < 1.29 is 37.8 Å². The summed E-state index contributed by atoms with van der Waals surface area (Å²) < 4.78 is 31.7. The van der Waals surface area contributed by atoms with Crippen LogP contribution in [0, 0.1) is 0 Å². The second-order valence-corrected chi connectivity index (χ2v) is 6.29. The highest BCUT2D eigenvalue weighted by atomic mass is 32.2. The Morgan fingerprint density at radius 3 is 1.86 bits per heavy atom. The number of carbonyl (C=O) groups excluding carboxylic acids is 1. The molecule has 0 aromatic heterocycles. The fraction of sp³-hybridized carbons (Fsp3) is 0.167. The average Bonchev–Trinajstić information content (AvgIpc) is 2.68. The van der Waals surface area contributed by atoms with Gasteiger partial charge in [0, 0.05) is 17.0 Å². The fourth-order valence-corrected chi connectivity index (χ4v) is 2.53. The third kappa shape index (κ3) is 9.63. The molecule has 156 valence electrons. The lowest BCUT2D eigenvalue weighted by Gasteiger charge is -2.15. The Bertz CT molecular complexity index is 804. The van der Waals surface area contributed by atoms with E-state index in [2.05, 4.69) is 10.9 Å². The van der Waals surface area contributed by atoms with Crippen LogP contribution in [0.1, 0.15) is 10.4 Å². The second-order valence-electron chi connectivity index (χ2n) is 5.29. The number of para-hydroxylation sites is 1. The van der Waals surface area contributed by atoms with Gasteiger partial charge in [0.15, 0.2) is 0 Å². The fourth-order valence-electron chi connectivity index (χ4n) is 1.68. The molecule has 0 fully saturated rings. The number of aliphatic carboxylic acids is 2. The predicted molar refractivity (Wildman–Crippen MR) is 102 cm³/mol. The first kappa shape index (κ1) is 24.0. The molecule has 0 heterocycles. The normalized spacial score (nSPS) is 11.6. The first-order valence-corrected chi connectivity index (χ1v) is 8.91. The summed E-state index contributed by atoms with van der Waals surface area (Å²) in [6.07, 6.45) is -5.08. The number of thioether (sulfide) groups is 1. The molecule has 0 saturated carbocycles. The predicted octanol–water partition coefficient (Wildman–Crippen LogP) is 3.26. The van der Waals surface area contributed by atoms with Gasteiger partial charge in [0.25, 0.3) is 0 Å². The van der Waals surface area contributed by atoms with Gasteiger partial charge >= 0.3 is 18.1 Å². The van der Waals surface area contributed by atoms with E-state index in [9.17, 15) is 27.9 Å². The Labute approximate surface area is 167 Å². The van der Waals surface area contributed by atoms with Crippen molar-refractivity contribution in [2.45, 2.75) is 12.2 Å².